The van der Waals surface area contributed by atoms with E-state index in [4.69, 9.17) is 0 Å². The minimum absolute atomic E-state index is 0.736. The van der Waals surface area contributed by atoms with Crippen LogP contribution in [0, 0.1) is 5.92 Å². The number of hydrogen-bond donors (Lipinski definition) is 2. The second-order valence-electron chi connectivity index (χ2n) is 3.96. The van der Waals surface area contributed by atoms with Gasteiger partial charge in [0.1, 0.15) is 0 Å². The van der Waals surface area contributed by atoms with E-state index in [9.17, 15) is 0 Å². The van der Waals surface area contributed by atoms with Crippen LogP contribution < -0.4 is 10.6 Å². The molecule has 0 radical (unpaired) electrons. The summed E-state index contributed by atoms with van der Waals surface area (Å²) in [7, 11) is 0. The summed E-state index contributed by atoms with van der Waals surface area (Å²) in [6.07, 6.45) is 1.18. The highest BCUT2D eigenvalue weighted by Crippen LogP contribution is 2.08. The maximum atomic E-state index is 3.46. The van der Waals surface area contributed by atoms with Crippen molar-refractivity contribution in [1.29, 1.82) is 0 Å². The van der Waals surface area contributed by atoms with Crippen LogP contribution in [0.2, 0.25) is 0 Å². The van der Waals surface area contributed by atoms with Crippen molar-refractivity contribution >= 4 is 0 Å². The monoisotopic (exact) mass is 190 g/mol. The van der Waals surface area contributed by atoms with E-state index < -0.39 is 0 Å². The number of hydrogen-bond acceptors (Lipinski definition) is 2. The zero-order valence-corrected chi connectivity index (χ0v) is 8.50. The molecule has 0 amide bonds. The molecule has 0 spiro atoms. The molecule has 1 aliphatic rings. The lowest BCUT2D eigenvalue weighted by Gasteiger charge is -2.13. The van der Waals surface area contributed by atoms with Crippen molar-refractivity contribution in [1.82, 2.24) is 10.6 Å². The van der Waals surface area contributed by atoms with E-state index in [1.54, 1.807) is 0 Å². The van der Waals surface area contributed by atoms with Crippen molar-refractivity contribution in [3.63, 3.8) is 0 Å². The topological polar surface area (TPSA) is 24.1 Å². The van der Waals surface area contributed by atoms with Gasteiger partial charge in [0.25, 0.3) is 0 Å². The Morgan fingerprint density at radius 1 is 1.00 bits per heavy atom. The molecule has 1 fully saturated rings. The van der Waals surface area contributed by atoms with Crippen LogP contribution in [0.15, 0.2) is 30.3 Å². The van der Waals surface area contributed by atoms with E-state index in [1.807, 2.05) is 0 Å². The largest absolute Gasteiger partial charge is 0.315 e. The third kappa shape index (κ3) is 2.82. The SMILES string of the molecule is c1ccc(CC2CNCCNC2)cc1. The van der Waals surface area contributed by atoms with Crippen molar-refractivity contribution in [3.05, 3.63) is 35.9 Å². The lowest BCUT2D eigenvalue weighted by Crippen LogP contribution is -2.25. The van der Waals surface area contributed by atoms with Crippen LogP contribution in [-0.2, 0) is 6.42 Å². The van der Waals surface area contributed by atoms with Gasteiger partial charge in [0.15, 0.2) is 0 Å². The Kier molecular flexibility index (Phi) is 3.55. The summed E-state index contributed by atoms with van der Waals surface area (Å²) in [5.74, 6) is 0.736. The van der Waals surface area contributed by atoms with Gasteiger partial charge in [-0.15, -0.1) is 0 Å². The second-order valence-corrected chi connectivity index (χ2v) is 3.96. The fourth-order valence-corrected chi connectivity index (χ4v) is 1.95. The van der Waals surface area contributed by atoms with Crippen LogP contribution in [0.1, 0.15) is 5.56 Å². The fourth-order valence-electron chi connectivity index (χ4n) is 1.95. The molecule has 1 aromatic carbocycles. The average molecular weight is 190 g/mol. The molecule has 1 aliphatic heterocycles. The van der Waals surface area contributed by atoms with E-state index in [0.29, 0.717) is 0 Å². The standard InChI is InChI=1S/C12H18N2/c1-2-4-11(5-3-1)8-12-9-13-6-7-14-10-12/h1-5,12-14H,6-10H2. The number of benzene rings is 1. The van der Waals surface area contributed by atoms with Crippen molar-refractivity contribution in [2.75, 3.05) is 26.2 Å². The molecule has 2 rings (SSSR count). The smallest absolute Gasteiger partial charge is 0.00768 e. The van der Waals surface area contributed by atoms with Gasteiger partial charge in [-0.3, -0.25) is 0 Å². The lowest BCUT2D eigenvalue weighted by molar-refractivity contribution is 0.497. The Morgan fingerprint density at radius 3 is 2.29 bits per heavy atom. The molecule has 2 nitrogen and oxygen atoms in total. The van der Waals surface area contributed by atoms with Crippen LogP contribution in [0.3, 0.4) is 0 Å². The maximum Gasteiger partial charge on any atom is 0.00768 e. The van der Waals surface area contributed by atoms with Crippen molar-refractivity contribution in [2.45, 2.75) is 6.42 Å². The Morgan fingerprint density at radius 2 is 1.64 bits per heavy atom. The summed E-state index contributed by atoms with van der Waals surface area (Å²) in [6, 6.07) is 10.7. The third-order valence-corrected chi connectivity index (χ3v) is 2.71. The summed E-state index contributed by atoms with van der Waals surface area (Å²) in [4.78, 5) is 0. The van der Waals surface area contributed by atoms with Gasteiger partial charge in [-0.05, 0) is 31.0 Å². The highest BCUT2D eigenvalue weighted by atomic mass is 15.0. The third-order valence-electron chi connectivity index (χ3n) is 2.71. The van der Waals surface area contributed by atoms with E-state index in [-0.39, 0.29) is 0 Å². The molecular weight excluding hydrogens is 172 g/mol. The van der Waals surface area contributed by atoms with Crippen molar-refractivity contribution in [3.8, 4) is 0 Å². The predicted molar refractivity (Wildman–Crippen MR) is 59.4 cm³/mol. The van der Waals surface area contributed by atoms with E-state index in [1.165, 1.54) is 12.0 Å². The minimum Gasteiger partial charge on any atom is -0.315 e. The second kappa shape index (κ2) is 5.13. The quantitative estimate of drug-likeness (QED) is 0.728. The summed E-state index contributed by atoms with van der Waals surface area (Å²) >= 11 is 0. The fraction of sp³-hybridized carbons (Fsp3) is 0.500. The maximum absolute atomic E-state index is 3.46. The zero-order valence-electron chi connectivity index (χ0n) is 8.50. The molecule has 0 aromatic heterocycles. The first-order valence-electron chi connectivity index (χ1n) is 5.40. The van der Waals surface area contributed by atoms with Gasteiger partial charge in [-0.25, -0.2) is 0 Å². The van der Waals surface area contributed by atoms with Gasteiger partial charge >= 0.3 is 0 Å². The first-order chi connectivity index (χ1) is 6.95. The van der Waals surface area contributed by atoms with Crippen LogP contribution >= 0.6 is 0 Å². The number of nitrogens with one attached hydrogen (secondary N) is 2. The van der Waals surface area contributed by atoms with Crippen LogP contribution in [0.4, 0.5) is 0 Å². The molecule has 0 bridgehead atoms. The predicted octanol–water partition coefficient (Wildman–Crippen LogP) is 1.04. The normalized spacial score (nSPS) is 19.1. The van der Waals surface area contributed by atoms with E-state index in [2.05, 4.69) is 41.0 Å². The Bertz CT molecular complexity index is 250. The molecule has 0 aliphatic carbocycles. The molecule has 14 heavy (non-hydrogen) atoms. The summed E-state index contributed by atoms with van der Waals surface area (Å²) in [5, 5.41) is 6.91. The van der Waals surface area contributed by atoms with E-state index >= 15 is 0 Å². The zero-order chi connectivity index (χ0) is 9.64. The molecule has 0 unspecified atom stereocenters. The molecule has 2 N–H and O–H groups in total. The molecular formula is C12H18N2. The molecule has 76 valence electrons. The van der Waals surface area contributed by atoms with Crippen LogP contribution in [0.5, 0.6) is 0 Å². The Labute approximate surface area is 85.7 Å². The first-order valence-corrected chi connectivity index (χ1v) is 5.40. The summed E-state index contributed by atoms with van der Waals surface area (Å²) < 4.78 is 0. The minimum atomic E-state index is 0.736. The van der Waals surface area contributed by atoms with Gasteiger partial charge in [0, 0.05) is 13.1 Å². The molecule has 0 saturated carbocycles. The van der Waals surface area contributed by atoms with Gasteiger partial charge in [0.05, 0.1) is 0 Å². The highest BCUT2D eigenvalue weighted by Gasteiger charge is 2.11. The molecule has 2 heteroatoms. The van der Waals surface area contributed by atoms with Crippen LogP contribution in [-0.4, -0.2) is 26.2 Å². The van der Waals surface area contributed by atoms with Crippen molar-refractivity contribution < 1.29 is 0 Å². The van der Waals surface area contributed by atoms with Gasteiger partial charge in [-0.2, -0.15) is 0 Å². The van der Waals surface area contributed by atoms with Gasteiger partial charge < -0.3 is 10.6 Å². The highest BCUT2D eigenvalue weighted by molar-refractivity contribution is 5.15. The van der Waals surface area contributed by atoms with Gasteiger partial charge in [-0.1, -0.05) is 30.3 Å². The Hall–Kier alpha value is -0.860. The average Bonchev–Trinajstić information content (AvgIpc) is 2.48. The molecule has 1 heterocycles. The van der Waals surface area contributed by atoms with E-state index in [0.717, 1.165) is 32.1 Å². The molecule has 0 atom stereocenters. The Balaban J connectivity index is 1.90. The van der Waals surface area contributed by atoms with Crippen LogP contribution in [0.25, 0.3) is 0 Å². The van der Waals surface area contributed by atoms with Gasteiger partial charge in [0.2, 0.25) is 0 Å². The lowest BCUT2D eigenvalue weighted by atomic mass is 9.99. The molecule has 1 saturated heterocycles. The van der Waals surface area contributed by atoms with Crippen molar-refractivity contribution in [2.24, 2.45) is 5.92 Å². The summed E-state index contributed by atoms with van der Waals surface area (Å²) in [6.45, 7) is 4.49. The first kappa shape index (κ1) is 9.69. The summed E-state index contributed by atoms with van der Waals surface area (Å²) in [5.41, 5.74) is 1.45. The number of rotatable bonds is 2. The molecule has 1 aromatic rings.